The number of amides is 2. The van der Waals surface area contributed by atoms with Crippen LogP contribution in [-0.2, 0) is 0 Å². The number of hydrogen-bond donors (Lipinski definition) is 3. The number of hydrogen-bond acceptors (Lipinski definition) is 6. The van der Waals surface area contributed by atoms with Gasteiger partial charge in [0.15, 0.2) is 17.5 Å². The molecule has 2 aromatic rings. The molecule has 2 aliphatic rings. The molecular weight excluding hydrogens is 435 g/mol. The van der Waals surface area contributed by atoms with Crippen molar-refractivity contribution in [3.05, 3.63) is 28.9 Å². The van der Waals surface area contributed by atoms with Gasteiger partial charge in [0.1, 0.15) is 5.49 Å². The molecule has 32 heavy (non-hydrogen) atoms. The summed E-state index contributed by atoms with van der Waals surface area (Å²) in [4.78, 5) is 30.4. The van der Waals surface area contributed by atoms with Gasteiger partial charge in [-0.1, -0.05) is 19.4 Å². The van der Waals surface area contributed by atoms with Crippen LogP contribution < -0.4 is 21.9 Å². The van der Waals surface area contributed by atoms with Gasteiger partial charge >= 0.3 is 6.03 Å². The Bertz CT molecular complexity index is 1090. The molecule has 1 fully saturated rings. The van der Waals surface area contributed by atoms with Gasteiger partial charge in [0.2, 0.25) is 0 Å². The van der Waals surface area contributed by atoms with Crippen molar-refractivity contribution < 1.29 is 9.18 Å². The zero-order valence-corrected chi connectivity index (χ0v) is 18.8. The molecule has 0 aromatic carbocycles. The Balaban J connectivity index is 1.50. The quantitative estimate of drug-likeness (QED) is 0.261. The van der Waals surface area contributed by atoms with Gasteiger partial charge in [-0.25, -0.2) is 25.0 Å². The Hall–Kier alpha value is -2.72. The number of anilines is 1. The summed E-state index contributed by atoms with van der Waals surface area (Å²) in [6, 6.07) is -0.346. The molecule has 2 amide bonds. The second-order valence-corrected chi connectivity index (χ2v) is 8.70. The molecule has 0 spiro atoms. The number of carbonyl (C=O) groups excluding carboxylic acids is 1. The summed E-state index contributed by atoms with van der Waals surface area (Å²) in [5, 5.41) is 5.03. The van der Waals surface area contributed by atoms with E-state index < -0.39 is 5.82 Å². The lowest BCUT2D eigenvalue weighted by atomic mass is 10.1. The van der Waals surface area contributed by atoms with Gasteiger partial charge in [-0.15, -0.1) is 11.6 Å². The molecule has 2 atom stereocenters. The van der Waals surface area contributed by atoms with Crippen LogP contribution >= 0.6 is 11.6 Å². The Kier molecular flexibility index (Phi) is 6.90. The van der Waals surface area contributed by atoms with E-state index in [-0.39, 0.29) is 23.3 Å². The van der Waals surface area contributed by atoms with E-state index in [9.17, 15) is 9.18 Å². The van der Waals surface area contributed by atoms with Crippen molar-refractivity contribution in [2.24, 2.45) is 10.8 Å². The highest BCUT2D eigenvalue weighted by molar-refractivity contribution is 6.24. The van der Waals surface area contributed by atoms with Crippen molar-refractivity contribution in [1.82, 2.24) is 24.9 Å². The molecule has 1 unspecified atom stereocenters. The molecular formula is C21H28ClFN8O. The summed E-state index contributed by atoms with van der Waals surface area (Å²) in [7, 11) is 0. The Labute approximate surface area is 190 Å². The number of nitrogens with one attached hydrogen (secondary N) is 2. The normalized spacial score (nSPS) is 20.2. The van der Waals surface area contributed by atoms with E-state index in [1.165, 1.54) is 5.01 Å². The molecule has 11 heteroatoms. The topological polar surface area (TPSA) is 116 Å². The van der Waals surface area contributed by atoms with Gasteiger partial charge in [0.05, 0.1) is 18.1 Å². The maximum atomic E-state index is 14.5. The van der Waals surface area contributed by atoms with E-state index in [1.54, 1.807) is 11.1 Å². The molecule has 4 heterocycles. The Morgan fingerprint density at radius 2 is 2.34 bits per heavy atom. The highest BCUT2D eigenvalue weighted by atomic mass is 35.5. The number of urea groups is 1. The highest BCUT2D eigenvalue weighted by Crippen LogP contribution is 2.20. The van der Waals surface area contributed by atoms with Gasteiger partial charge in [0.25, 0.3) is 0 Å². The molecule has 4 rings (SSSR count). The van der Waals surface area contributed by atoms with Gasteiger partial charge in [-0.05, 0) is 19.3 Å². The van der Waals surface area contributed by atoms with E-state index in [0.29, 0.717) is 37.6 Å². The molecule has 0 saturated carbocycles. The molecule has 0 bridgehead atoms. The number of fused-ring (bicyclic) bond motifs is 1. The smallest absolute Gasteiger partial charge is 0.334 e. The van der Waals surface area contributed by atoms with Crippen LogP contribution in [0.15, 0.2) is 17.4 Å². The first-order chi connectivity index (χ1) is 15.5. The lowest BCUT2D eigenvalue weighted by Crippen LogP contribution is -2.53. The minimum Gasteiger partial charge on any atom is -0.363 e. The van der Waals surface area contributed by atoms with Crippen LogP contribution in [0.25, 0.3) is 17.5 Å². The Morgan fingerprint density at radius 3 is 3.16 bits per heavy atom. The average Bonchev–Trinajstić information content (AvgIpc) is 3.21. The van der Waals surface area contributed by atoms with Crippen LogP contribution in [-0.4, -0.2) is 68.5 Å². The molecule has 172 valence electrons. The highest BCUT2D eigenvalue weighted by Gasteiger charge is 2.27. The summed E-state index contributed by atoms with van der Waals surface area (Å²) in [6.45, 7) is 4.12. The van der Waals surface area contributed by atoms with Crippen LogP contribution in [0.1, 0.15) is 32.6 Å². The zero-order valence-electron chi connectivity index (χ0n) is 18.0. The average molecular weight is 463 g/mol. The fraction of sp³-hybridized carbons (Fsp3) is 0.524. The number of piperidine rings is 1. The number of H-pyrrole nitrogens is 1. The predicted octanol–water partition coefficient (Wildman–Crippen LogP) is 1.60. The molecule has 2 aromatic heterocycles. The van der Waals surface area contributed by atoms with E-state index >= 15 is 0 Å². The first kappa shape index (κ1) is 22.5. The third-order valence-electron chi connectivity index (χ3n) is 5.69. The SMILES string of the molecule is CCCCN(N)C(=O)N1CCC[C@@H](Nc2nc(-c3c[nH]c4c3=CC(Cl)CN=4)ncc2F)C1. The third kappa shape index (κ3) is 4.86. The van der Waals surface area contributed by atoms with E-state index in [2.05, 4.69) is 25.3 Å². The number of unbranched alkanes of at least 4 members (excludes halogenated alkanes) is 1. The molecule has 9 nitrogen and oxygen atoms in total. The number of rotatable bonds is 6. The van der Waals surface area contributed by atoms with Gasteiger partial charge in [-0.3, -0.25) is 10.0 Å². The number of carbonyl (C=O) groups is 1. The van der Waals surface area contributed by atoms with Crippen molar-refractivity contribution in [3.63, 3.8) is 0 Å². The fourth-order valence-electron chi connectivity index (χ4n) is 3.99. The molecule has 4 N–H and O–H groups in total. The van der Waals surface area contributed by atoms with Crippen molar-refractivity contribution >= 4 is 29.5 Å². The van der Waals surface area contributed by atoms with Crippen molar-refractivity contribution in [2.45, 2.75) is 44.0 Å². The van der Waals surface area contributed by atoms with Crippen LogP contribution in [0.2, 0.25) is 0 Å². The van der Waals surface area contributed by atoms with Crippen LogP contribution in [0.3, 0.4) is 0 Å². The third-order valence-corrected chi connectivity index (χ3v) is 5.95. The molecule has 1 saturated heterocycles. The van der Waals surface area contributed by atoms with Crippen molar-refractivity contribution in [3.8, 4) is 11.4 Å². The summed E-state index contributed by atoms with van der Waals surface area (Å²) in [5.41, 5.74) is 1.43. The predicted molar refractivity (Wildman–Crippen MR) is 121 cm³/mol. The minimum absolute atomic E-state index is 0.106. The Morgan fingerprint density at radius 1 is 1.50 bits per heavy atom. The number of hydrazine groups is 1. The number of aromatic nitrogens is 3. The van der Waals surface area contributed by atoms with Gasteiger partial charge < -0.3 is 15.2 Å². The molecule has 0 aliphatic carbocycles. The van der Waals surface area contributed by atoms with Crippen molar-refractivity contribution in [2.75, 3.05) is 31.5 Å². The standard InChI is InChI=1S/C21H28ClFN8O/c1-2-3-7-31(24)21(32)30-6-4-5-14(12-30)28-20-17(23)11-27-19(29-20)16-10-26-18-15(16)8-13(22)9-25-18/h8,10-11,13-14H,2-7,9,12,24H2,1H3,(H,25,26)(H,27,28,29)/t13?,14-/m1/s1. The number of halogens is 2. The number of aromatic amines is 1. The monoisotopic (exact) mass is 462 g/mol. The number of nitrogens with two attached hydrogens (primary N) is 1. The summed E-state index contributed by atoms with van der Waals surface area (Å²) in [6.07, 6.45) is 8.21. The minimum atomic E-state index is -0.547. The lowest BCUT2D eigenvalue weighted by Gasteiger charge is -2.35. The maximum absolute atomic E-state index is 14.5. The first-order valence-corrected chi connectivity index (χ1v) is 11.4. The van der Waals surface area contributed by atoms with Crippen molar-refractivity contribution in [1.29, 1.82) is 0 Å². The fourth-order valence-corrected chi connectivity index (χ4v) is 4.18. The van der Waals surface area contributed by atoms with Gasteiger partial charge in [0, 0.05) is 42.7 Å². The summed E-state index contributed by atoms with van der Waals surface area (Å²) < 4.78 is 14.5. The lowest BCUT2D eigenvalue weighted by molar-refractivity contribution is 0.140. The van der Waals surface area contributed by atoms with Gasteiger partial charge in [-0.2, -0.15) is 0 Å². The zero-order chi connectivity index (χ0) is 22.7. The van der Waals surface area contributed by atoms with E-state index in [0.717, 1.165) is 42.6 Å². The van der Waals surface area contributed by atoms with E-state index in [4.69, 9.17) is 17.4 Å². The number of likely N-dealkylation sites (tertiary alicyclic amines) is 1. The largest absolute Gasteiger partial charge is 0.363 e. The second-order valence-electron chi connectivity index (χ2n) is 8.14. The second kappa shape index (κ2) is 9.83. The van der Waals surface area contributed by atoms with Crippen LogP contribution in [0, 0.1) is 5.82 Å². The van der Waals surface area contributed by atoms with E-state index in [1.807, 2.05) is 13.0 Å². The van der Waals surface area contributed by atoms with Crippen LogP contribution in [0.5, 0.6) is 0 Å². The molecule has 0 radical (unpaired) electrons. The summed E-state index contributed by atoms with van der Waals surface area (Å²) in [5.74, 6) is 5.85. The summed E-state index contributed by atoms with van der Waals surface area (Å²) >= 11 is 6.21. The first-order valence-electron chi connectivity index (χ1n) is 10.9. The molecule has 2 aliphatic heterocycles. The van der Waals surface area contributed by atoms with Crippen LogP contribution in [0.4, 0.5) is 15.0 Å². The maximum Gasteiger partial charge on any atom is 0.334 e. The number of nitrogens with zero attached hydrogens (tertiary/aromatic N) is 5. The number of alkyl halides is 1.